The number of aromatic nitrogens is 2. The molecule has 0 bridgehead atoms. The van der Waals surface area contributed by atoms with Crippen LogP contribution in [0.15, 0.2) is 18.2 Å². The zero-order valence-electron chi connectivity index (χ0n) is 14.5. The van der Waals surface area contributed by atoms with Crippen molar-refractivity contribution in [1.82, 2.24) is 20.2 Å². The van der Waals surface area contributed by atoms with E-state index in [-0.39, 0.29) is 30.7 Å². The van der Waals surface area contributed by atoms with Crippen LogP contribution in [-0.4, -0.2) is 50.0 Å². The number of aromatic amines is 1. The molecular formula is C17H19N5O5. The van der Waals surface area contributed by atoms with Crippen LogP contribution in [0.25, 0.3) is 11.0 Å². The van der Waals surface area contributed by atoms with Gasteiger partial charge >= 0.3 is 12.0 Å². The Bertz CT molecular complexity index is 941. The van der Waals surface area contributed by atoms with Crippen LogP contribution in [0.5, 0.6) is 0 Å². The highest BCUT2D eigenvalue weighted by molar-refractivity contribution is 5.81. The van der Waals surface area contributed by atoms with Crippen molar-refractivity contribution in [2.24, 2.45) is 11.3 Å². The molecule has 1 aliphatic heterocycles. The number of nitro groups is 1. The number of benzene rings is 1. The van der Waals surface area contributed by atoms with Crippen molar-refractivity contribution in [2.75, 3.05) is 13.1 Å². The van der Waals surface area contributed by atoms with Crippen LogP contribution in [0.1, 0.15) is 25.1 Å². The van der Waals surface area contributed by atoms with Crippen molar-refractivity contribution in [2.45, 2.75) is 25.8 Å². The Morgan fingerprint density at radius 2 is 2.30 bits per heavy atom. The van der Waals surface area contributed by atoms with Crippen molar-refractivity contribution in [3.05, 3.63) is 34.1 Å². The van der Waals surface area contributed by atoms with E-state index in [1.807, 2.05) is 0 Å². The number of urea groups is 1. The maximum Gasteiger partial charge on any atom is 0.317 e. The molecule has 0 unspecified atom stereocenters. The number of amides is 2. The Morgan fingerprint density at radius 3 is 3.00 bits per heavy atom. The molecule has 0 radical (unpaired) electrons. The minimum atomic E-state index is -0.820. The van der Waals surface area contributed by atoms with Crippen molar-refractivity contribution < 1.29 is 19.6 Å². The van der Waals surface area contributed by atoms with Gasteiger partial charge in [0.15, 0.2) is 0 Å². The van der Waals surface area contributed by atoms with E-state index >= 15 is 0 Å². The smallest absolute Gasteiger partial charge is 0.317 e. The fraction of sp³-hybridized carbons (Fsp3) is 0.471. The highest BCUT2D eigenvalue weighted by Crippen LogP contribution is 2.48. The summed E-state index contributed by atoms with van der Waals surface area (Å²) in [6.45, 7) is 0.804. The minimum Gasteiger partial charge on any atom is -0.481 e. The number of nitrogens with zero attached hydrogens (tertiary/aromatic N) is 3. The summed E-state index contributed by atoms with van der Waals surface area (Å²) in [6.07, 6.45) is 2.33. The van der Waals surface area contributed by atoms with Gasteiger partial charge in [0, 0.05) is 25.2 Å². The van der Waals surface area contributed by atoms with Gasteiger partial charge in [-0.1, -0.05) is 6.42 Å². The molecule has 2 fully saturated rings. The van der Waals surface area contributed by atoms with Gasteiger partial charge in [0.05, 0.1) is 27.9 Å². The molecule has 3 N–H and O–H groups in total. The summed E-state index contributed by atoms with van der Waals surface area (Å²) in [4.78, 5) is 43.4. The third kappa shape index (κ3) is 2.86. The molecular weight excluding hydrogens is 354 g/mol. The summed E-state index contributed by atoms with van der Waals surface area (Å²) in [7, 11) is 0. The second-order valence-electron chi connectivity index (χ2n) is 7.23. The first-order valence-corrected chi connectivity index (χ1v) is 8.78. The number of fused-ring (bicyclic) bond motifs is 2. The fourth-order valence-corrected chi connectivity index (χ4v) is 4.31. The van der Waals surface area contributed by atoms with Crippen molar-refractivity contribution in [3.8, 4) is 0 Å². The average molecular weight is 373 g/mol. The van der Waals surface area contributed by atoms with E-state index in [1.165, 1.54) is 12.1 Å². The molecule has 1 saturated heterocycles. The molecule has 10 heteroatoms. The van der Waals surface area contributed by atoms with Crippen LogP contribution in [0, 0.1) is 21.4 Å². The van der Waals surface area contributed by atoms with Gasteiger partial charge in [0.25, 0.3) is 5.69 Å². The molecule has 4 rings (SSSR count). The van der Waals surface area contributed by atoms with E-state index in [9.17, 15) is 24.8 Å². The van der Waals surface area contributed by atoms with Gasteiger partial charge in [-0.15, -0.1) is 0 Å². The number of rotatable bonds is 4. The molecule has 142 valence electrons. The first-order chi connectivity index (χ1) is 12.9. The maximum atomic E-state index is 12.5. The largest absolute Gasteiger partial charge is 0.481 e. The van der Waals surface area contributed by atoms with E-state index in [0.29, 0.717) is 29.8 Å². The lowest BCUT2D eigenvalue weighted by atomic mass is 9.81. The highest BCUT2D eigenvalue weighted by Gasteiger charge is 2.55. The predicted octanol–water partition coefficient (Wildman–Crippen LogP) is 1.87. The summed E-state index contributed by atoms with van der Waals surface area (Å²) >= 11 is 0. The van der Waals surface area contributed by atoms with Crippen LogP contribution >= 0.6 is 0 Å². The number of hydrogen-bond donors (Lipinski definition) is 3. The molecule has 10 nitrogen and oxygen atoms in total. The van der Waals surface area contributed by atoms with Gasteiger partial charge in [-0.3, -0.25) is 14.9 Å². The zero-order chi connectivity index (χ0) is 19.2. The molecule has 0 spiro atoms. The first kappa shape index (κ1) is 17.3. The molecule has 2 atom stereocenters. The van der Waals surface area contributed by atoms with Crippen LogP contribution in [0.4, 0.5) is 10.5 Å². The standard InChI is InChI=1S/C17H19N5O5/c23-15(24)17-5-1-2-10(17)8-21(9-17)16(25)18-7-14-19-12-4-3-11(22(26)27)6-13(12)20-14/h3-4,6,10H,1-2,5,7-9H2,(H,18,25)(H,19,20)(H,23,24)/t10-,17+/m0/s1. The lowest BCUT2D eigenvalue weighted by Gasteiger charge is -2.23. The summed E-state index contributed by atoms with van der Waals surface area (Å²) in [5.74, 6) is -0.335. The van der Waals surface area contributed by atoms with Gasteiger partial charge in [0.1, 0.15) is 5.82 Å². The summed E-state index contributed by atoms with van der Waals surface area (Å²) in [6, 6.07) is 4.00. The molecule has 1 saturated carbocycles. The van der Waals surface area contributed by atoms with Gasteiger partial charge in [0.2, 0.25) is 0 Å². The van der Waals surface area contributed by atoms with Crippen LogP contribution in [0.2, 0.25) is 0 Å². The molecule has 2 amide bonds. The van der Waals surface area contributed by atoms with Crippen molar-refractivity contribution in [1.29, 1.82) is 0 Å². The van der Waals surface area contributed by atoms with E-state index in [4.69, 9.17) is 0 Å². The summed E-state index contributed by atoms with van der Waals surface area (Å²) in [5, 5.41) is 23.2. The van der Waals surface area contributed by atoms with Crippen LogP contribution in [0.3, 0.4) is 0 Å². The number of non-ortho nitro benzene ring substituents is 1. The van der Waals surface area contributed by atoms with Crippen LogP contribution in [-0.2, 0) is 11.3 Å². The second-order valence-corrected chi connectivity index (χ2v) is 7.23. The fourth-order valence-electron chi connectivity index (χ4n) is 4.31. The average Bonchev–Trinajstić information content (AvgIpc) is 3.30. The molecule has 1 aromatic carbocycles. The Balaban J connectivity index is 1.42. The number of carbonyl (C=O) groups is 2. The number of imidazole rings is 1. The van der Waals surface area contributed by atoms with E-state index < -0.39 is 16.3 Å². The van der Waals surface area contributed by atoms with E-state index in [1.54, 1.807) is 11.0 Å². The van der Waals surface area contributed by atoms with Crippen molar-refractivity contribution >= 4 is 28.7 Å². The Kier molecular flexibility index (Phi) is 3.97. The molecule has 2 aliphatic rings. The number of hydrogen-bond acceptors (Lipinski definition) is 5. The number of H-pyrrole nitrogens is 1. The normalized spacial score (nSPS) is 24.1. The quantitative estimate of drug-likeness (QED) is 0.552. The third-order valence-corrected chi connectivity index (χ3v) is 5.72. The molecule has 1 aliphatic carbocycles. The SMILES string of the molecule is O=C(NCc1nc2ccc([N+](=O)[O-])cc2[nH]1)N1C[C@@H]2CCC[C@@]2(C(=O)O)C1. The number of carboxylic acid groups (broad SMARTS) is 1. The Labute approximate surface area is 153 Å². The topological polar surface area (TPSA) is 141 Å². The Morgan fingerprint density at radius 1 is 1.48 bits per heavy atom. The number of likely N-dealkylation sites (tertiary alicyclic amines) is 1. The van der Waals surface area contributed by atoms with Crippen molar-refractivity contribution in [3.63, 3.8) is 0 Å². The predicted molar refractivity (Wildman–Crippen MR) is 94.0 cm³/mol. The number of aliphatic carboxylic acids is 1. The summed E-state index contributed by atoms with van der Waals surface area (Å²) < 4.78 is 0. The van der Waals surface area contributed by atoms with Gasteiger partial charge in [-0.25, -0.2) is 9.78 Å². The highest BCUT2D eigenvalue weighted by atomic mass is 16.6. The van der Waals surface area contributed by atoms with Gasteiger partial charge < -0.3 is 20.3 Å². The lowest BCUT2D eigenvalue weighted by molar-refractivity contribution is -0.384. The number of carboxylic acids is 1. The third-order valence-electron chi connectivity index (χ3n) is 5.72. The molecule has 2 heterocycles. The lowest BCUT2D eigenvalue weighted by Crippen LogP contribution is -2.41. The Hall–Kier alpha value is -3.17. The zero-order valence-corrected chi connectivity index (χ0v) is 14.5. The number of nitrogens with one attached hydrogen (secondary N) is 2. The molecule has 2 aromatic rings. The van der Waals surface area contributed by atoms with E-state index in [2.05, 4.69) is 15.3 Å². The molecule has 1 aromatic heterocycles. The van der Waals surface area contributed by atoms with Gasteiger partial charge in [-0.2, -0.15) is 0 Å². The maximum absolute atomic E-state index is 12.5. The summed E-state index contributed by atoms with van der Waals surface area (Å²) in [5.41, 5.74) is 0.249. The minimum absolute atomic E-state index is 0.00694. The molecule has 27 heavy (non-hydrogen) atoms. The first-order valence-electron chi connectivity index (χ1n) is 8.78. The number of carbonyl (C=O) groups excluding carboxylic acids is 1. The van der Waals surface area contributed by atoms with E-state index in [0.717, 1.165) is 12.8 Å². The monoisotopic (exact) mass is 373 g/mol. The van der Waals surface area contributed by atoms with Gasteiger partial charge in [-0.05, 0) is 24.8 Å². The van der Waals surface area contributed by atoms with Crippen LogP contribution < -0.4 is 5.32 Å². The number of nitro benzene ring substituents is 1. The second kappa shape index (κ2) is 6.22.